The van der Waals surface area contributed by atoms with Gasteiger partial charge in [0.25, 0.3) is 0 Å². The first-order chi connectivity index (χ1) is 7.78. The summed E-state index contributed by atoms with van der Waals surface area (Å²) in [7, 11) is 0. The number of hydrogen-bond donors (Lipinski definition) is 2. The summed E-state index contributed by atoms with van der Waals surface area (Å²) >= 11 is 5.90. The monoisotopic (exact) mass is 254 g/mol. The minimum absolute atomic E-state index is 0.0307. The van der Waals surface area contributed by atoms with Crippen LogP contribution in [-0.2, 0) is 4.79 Å². The average Bonchev–Trinajstić information content (AvgIpc) is 2.17. The number of nitrogens with one attached hydrogen (secondary N) is 2. The summed E-state index contributed by atoms with van der Waals surface area (Å²) < 4.78 is 0. The van der Waals surface area contributed by atoms with Crippen LogP contribution in [0, 0.1) is 6.92 Å². The van der Waals surface area contributed by atoms with Gasteiger partial charge in [0.1, 0.15) is 0 Å². The number of amides is 1. The maximum Gasteiger partial charge on any atom is 0.239 e. The van der Waals surface area contributed by atoms with E-state index in [0.29, 0.717) is 5.02 Å². The smallest absolute Gasteiger partial charge is 0.239 e. The zero-order valence-corrected chi connectivity index (χ0v) is 11.5. The molecule has 4 heteroatoms. The van der Waals surface area contributed by atoms with Crippen LogP contribution >= 0.6 is 11.6 Å². The first-order valence-corrected chi connectivity index (χ1v) is 5.97. The average molecular weight is 255 g/mol. The first-order valence-electron chi connectivity index (χ1n) is 5.59. The van der Waals surface area contributed by atoms with Gasteiger partial charge in [-0.05, 0) is 45.4 Å². The van der Waals surface area contributed by atoms with Crippen molar-refractivity contribution >= 4 is 23.2 Å². The Labute approximate surface area is 108 Å². The molecule has 1 aromatic rings. The van der Waals surface area contributed by atoms with E-state index >= 15 is 0 Å². The Morgan fingerprint density at radius 2 is 2.00 bits per heavy atom. The van der Waals surface area contributed by atoms with Crippen LogP contribution in [0.1, 0.15) is 26.3 Å². The van der Waals surface area contributed by atoms with Crippen LogP contribution in [0.25, 0.3) is 0 Å². The van der Waals surface area contributed by atoms with Gasteiger partial charge < -0.3 is 10.6 Å². The molecule has 0 aliphatic rings. The largest absolute Gasteiger partial charge is 0.376 e. The molecule has 94 valence electrons. The Hall–Kier alpha value is -1.22. The fourth-order valence-corrected chi connectivity index (χ4v) is 1.59. The number of rotatable bonds is 3. The van der Waals surface area contributed by atoms with Gasteiger partial charge in [0.2, 0.25) is 5.91 Å². The van der Waals surface area contributed by atoms with Gasteiger partial charge in [-0.1, -0.05) is 17.7 Å². The number of carbonyl (C=O) groups is 1. The fraction of sp³-hybridized carbons (Fsp3) is 0.462. The van der Waals surface area contributed by atoms with Gasteiger partial charge in [0.05, 0.1) is 6.54 Å². The van der Waals surface area contributed by atoms with Crippen LogP contribution in [0.4, 0.5) is 5.69 Å². The van der Waals surface area contributed by atoms with Crippen molar-refractivity contribution in [1.29, 1.82) is 0 Å². The molecule has 1 amide bonds. The minimum atomic E-state index is -0.206. The summed E-state index contributed by atoms with van der Waals surface area (Å²) in [5, 5.41) is 6.63. The van der Waals surface area contributed by atoms with Crippen LogP contribution in [0.15, 0.2) is 18.2 Å². The quantitative estimate of drug-likeness (QED) is 0.871. The maximum atomic E-state index is 11.6. The molecule has 3 nitrogen and oxygen atoms in total. The number of anilines is 1. The van der Waals surface area contributed by atoms with Crippen LogP contribution in [0.2, 0.25) is 5.02 Å². The second kappa shape index (κ2) is 5.41. The number of hydrogen-bond acceptors (Lipinski definition) is 2. The highest BCUT2D eigenvalue weighted by molar-refractivity contribution is 6.30. The lowest BCUT2D eigenvalue weighted by atomic mass is 10.1. The lowest BCUT2D eigenvalue weighted by molar-refractivity contribution is -0.120. The van der Waals surface area contributed by atoms with E-state index in [4.69, 9.17) is 11.6 Å². The van der Waals surface area contributed by atoms with Crippen molar-refractivity contribution in [2.45, 2.75) is 33.2 Å². The molecule has 1 rings (SSSR count). The van der Waals surface area contributed by atoms with Gasteiger partial charge >= 0.3 is 0 Å². The van der Waals surface area contributed by atoms with Gasteiger partial charge in [0, 0.05) is 16.2 Å². The van der Waals surface area contributed by atoms with Crippen molar-refractivity contribution in [3.63, 3.8) is 0 Å². The van der Waals surface area contributed by atoms with E-state index in [-0.39, 0.29) is 18.0 Å². The van der Waals surface area contributed by atoms with Crippen molar-refractivity contribution < 1.29 is 4.79 Å². The first kappa shape index (κ1) is 13.8. The standard InChI is InChI=1S/C13H19ClN2O/c1-9-5-6-10(14)7-11(9)15-8-12(17)16-13(2,3)4/h5-7,15H,8H2,1-4H3,(H,16,17). The number of halogens is 1. The molecule has 17 heavy (non-hydrogen) atoms. The van der Waals surface area contributed by atoms with E-state index in [0.717, 1.165) is 11.3 Å². The molecule has 0 bridgehead atoms. The molecule has 1 aromatic carbocycles. The Bertz CT molecular complexity index is 410. The predicted octanol–water partition coefficient (Wildman–Crippen LogP) is 2.98. The van der Waals surface area contributed by atoms with Crippen LogP contribution in [0.3, 0.4) is 0 Å². The molecule has 0 atom stereocenters. The molecule has 0 radical (unpaired) electrons. The van der Waals surface area contributed by atoms with E-state index in [1.54, 1.807) is 0 Å². The Morgan fingerprint density at radius 1 is 1.35 bits per heavy atom. The lowest BCUT2D eigenvalue weighted by Crippen LogP contribution is -2.43. The molecule has 0 aliphatic heterocycles. The summed E-state index contributed by atoms with van der Waals surface area (Å²) in [6.07, 6.45) is 0. The van der Waals surface area contributed by atoms with Gasteiger partial charge in [-0.25, -0.2) is 0 Å². The van der Waals surface area contributed by atoms with Gasteiger partial charge in [-0.3, -0.25) is 4.79 Å². The second-order valence-electron chi connectivity index (χ2n) is 5.11. The van der Waals surface area contributed by atoms with Crippen LogP contribution < -0.4 is 10.6 Å². The lowest BCUT2D eigenvalue weighted by Gasteiger charge is -2.21. The topological polar surface area (TPSA) is 41.1 Å². The molecule has 0 unspecified atom stereocenters. The molecular weight excluding hydrogens is 236 g/mol. The molecule has 0 saturated heterocycles. The third-order valence-electron chi connectivity index (χ3n) is 2.15. The maximum absolute atomic E-state index is 11.6. The summed E-state index contributed by atoms with van der Waals surface area (Å²) in [6, 6.07) is 5.57. The van der Waals surface area contributed by atoms with Crippen LogP contribution in [0.5, 0.6) is 0 Å². The molecule has 0 saturated carbocycles. The second-order valence-corrected chi connectivity index (χ2v) is 5.55. The number of aryl methyl sites for hydroxylation is 1. The van der Waals surface area contributed by atoms with Gasteiger partial charge in [-0.2, -0.15) is 0 Å². The van der Waals surface area contributed by atoms with E-state index in [1.807, 2.05) is 45.9 Å². The van der Waals surface area contributed by atoms with E-state index in [9.17, 15) is 4.79 Å². The highest BCUT2D eigenvalue weighted by Crippen LogP contribution is 2.19. The van der Waals surface area contributed by atoms with Crippen molar-refractivity contribution in [2.24, 2.45) is 0 Å². The molecular formula is C13H19ClN2O. The minimum Gasteiger partial charge on any atom is -0.376 e. The van der Waals surface area contributed by atoms with E-state index in [1.165, 1.54) is 0 Å². The molecule has 2 N–H and O–H groups in total. The summed E-state index contributed by atoms with van der Waals surface area (Å²) in [5.74, 6) is -0.0307. The number of carbonyl (C=O) groups excluding carboxylic acids is 1. The van der Waals surface area contributed by atoms with Gasteiger partial charge in [0.15, 0.2) is 0 Å². The number of benzene rings is 1. The third-order valence-corrected chi connectivity index (χ3v) is 2.39. The molecule has 0 heterocycles. The highest BCUT2D eigenvalue weighted by Gasteiger charge is 2.13. The molecule has 0 aromatic heterocycles. The fourth-order valence-electron chi connectivity index (χ4n) is 1.42. The Kier molecular flexibility index (Phi) is 4.40. The zero-order chi connectivity index (χ0) is 13.1. The SMILES string of the molecule is Cc1ccc(Cl)cc1NCC(=O)NC(C)(C)C. The summed E-state index contributed by atoms with van der Waals surface area (Å²) in [4.78, 5) is 11.6. The third kappa shape index (κ3) is 5.09. The van der Waals surface area contributed by atoms with Crippen molar-refractivity contribution in [2.75, 3.05) is 11.9 Å². The van der Waals surface area contributed by atoms with Crippen LogP contribution in [-0.4, -0.2) is 18.0 Å². The molecule has 0 aliphatic carbocycles. The van der Waals surface area contributed by atoms with Crippen molar-refractivity contribution in [3.8, 4) is 0 Å². The predicted molar refractivity (Wildman–Crippen MR) is 72.6 cm³/mol. The molecule has 0 spiro atoms. The van der Waals surface area contributed by atoms with E-state index in [2.05, 4.69) is 10.6 Å². The summed E-state index contributed by atoms with van der Waals surface area (Å²) in [5.41, 5.74) is 1.75. The normalized spacial score (nSPS) is 11.1. The zero-order valence-electron chi connectivity index (χ0n) is 10.7. The Balaban J connectivity index is 2.56. The molecule has 0 fully saturated rings. The highest BCUT2D eigenvalue weighted by atomic mass is 35.5. The van der Waals surface area contributed by atoms with Crippen molar-refractivity contribution in [3.05, 3.63) is 28.8 Å². The van der Waals surface area contributed by atoms with E-state index < -0.39 is 0 Å². The Morgan fingerprint density at radius 3 is 2.59 bits per heavy atom. The summed E-state index contributed by atoms with van der Waals surface area (Å²) in [6.45, 7) is 8.08. The van der Waals surface area contributed by atoms with Gasteiger partial charge in [-0.15, -0.1) is 0 Å². The van der Waals surface area contributed by atoms with Crippen molar-refractivity contribution in [1.82, 2.24) is 5.32 Å².